The third-order valence-corrected chi connectivity index (χ3v) is 6.43. The van der Waals surface area contributed by atoms with Crippen molar-refractivity contribution < 1.29 is 0 Å². The lowest BCUT2D eigenvalue weighted by molar-refractivity contribution is 0.256. The van der Waals surface area contributed by atoms with Crippen molar-refractivity contribution >= 4 is 41.3 Å². The van der Waals surface area contributed by atoms with Gasteiger partial charge in [-0.15, -0.1) is 45.5 Å². The number of hydrogen-bond acceptors (Lipinski definition) is 5. The molecule has 0 radical (unpaired) electrons. The molecule has 0 bridgehead atoms. The summed E-state index contributed by atoms with van der Waals surface area (Å²) in [6, 6.07) is 6.13. The molecule has 1 saturated carbocycles. The predicted octanol–water partition coefficient (Wildman–Crippen LogP) is 2.66. The zero-order valence-electron chi connectivity index (χ0n) is 16.8. The molecule has 2 atom stereocenters. The number of aryl methyl sites for hydroxylation is 1. The second-order valence-corrected chi connectivity index (χ2v) is 8.71. The summed E-state index contributed by atoms with van der Waals surface area (Å²) in [5, 5.41) is 17.6. The normalized spacial score (nSPS) is 22.9. The summed E-state index contributed by atoms with van der Waals surface area (Å²) in [4.78, 5) is 8.76. The summed E-state index contributed by atoms with van der Waals surface area (Å²) in [6.07, 6.45) is 3.89. The number of nitrogens with zero attached hydrogens (tertiary/aromatic N) is 5. The maximum Gasteiger partial charge on any atom is 0.192 e. The maximum atomic E-state index is 4.80. The predicted molar refractivity (Wildman–Crippen MR) is 124 cm³/mol. The molecule has 3 heterocycles. The van der Waals surface area contributed by atoms with E-state index in [9.17, 15) is 0 Å². The number of aliphatic imine (C=N–C) groups is 1. The van der Waals surface area contributed by atoms with Crippen LogP contribution in [0.5, 0.6) is 0 Å². The monoisotopic (exact) mass is 515 g/mol. The van der Waals surface area contributed by atoms with Crippen LogP contribution in [0.3, 0.4) is 0 Å². The Morgan fingerprint density at radius 1 is 1.36 bits per heavy atom. The zero-order valence-corrected chi connectivity index (χ0v) is 19.9. The summed E-state index contributed by atoms with van der Waals surface area (Å²) in [5.74, 6) is 2.65. The first-order valence-electron chi connectivity index (χ1n) is 9.78. The fourth-order valence-electron chi connectivity index (χ4n) is 3.74. The third kappa shape index (κ3) is 5.24. The molecule has 1 aliphatic heterocycles. The maximum absolute atomic E-state index is 4.80. The van der Waals surface area contributed by atoms with Crippen molar-refractivity contribution in [2.45, 2.75) is 64.3 Å². The van der Waals surface area contributed by atoms with Gasteiger partial charge in [-0.1, -0.05) is 6.07 Å². The first-order chi connectivity index (χ1) is 13.1. The van der Waals surface area contributed by atoms with Crippen LogP contribution in [0.2, 0.25) is 0 Å². The topological polar surface area (TPSA) is 70.4 Å². The minimum Gasteiger partial charge on any atom is -0.352 e. The van der Waals surface area contributed by atoms with Crippen LogP contribution in [0.1, 0.15) is 42.7 Å². The minimum absolute atomic E-state index is 0. The molecule has 28 heavy (non-hydrogen) atoms. The van der Waals surface area contributed by atoms with E-state index in [1.807, 2.05) is 18.5 Å². The molecule has 0 spiro atoms. The van der Waals surface area contributed by atoms with Gasteiger partial charge < -0.3 is 15.2 Å². The van der Waals surface area contributed by atoms with Crippen LogP contribution in [0.4, 0.5) is 0 Å². The van der Waals surface area contributed by atoms with Crippen LogP contribution in [-0.2, 0) is 20.1 Å². The molecule has 2 unspecified atom stereocenters. The van der Waals surface area contributed by atoms with Crippen molar-refractivity contribution in [1.29, 1.82) is 0 Å². The van der Waals surface area contributed by atoms with Crippen molar-refractivity contribution in [1.82, 2.24) is 30.3 Å². The van der Waals surface area contributed by atoms with Crippen LogP contribution >= 0.6 is 35.3 Å². The first-order valence-corrected chi connectivity index (χ1v) is 10.7. The highest BCUT2D eigenvalue weighted by Gasteiger charge is 2.38. The fraction of sp³-hybridized carbons (Fsp3) is 0.632. The van der Waals surface area contributed by atoms with E-state index in [2.05, 4.69) is 50.2 Å². The fourth-order valence-corrected chi connectivity index (χ4v) is 4.39. The highest BCUT2D eigenvalue weighted by atomic mass is 127. The van der Waals surface area contributed by atoms with Gasteiger partial charge in [0.05, 0.1) is 6.54 Å². The smallest absolute Gasteiger partial charge is 0.192 e. The highest BCUT2D eigenvalue weighted by Crippen LogP contribution is 2.33. The van der Waals surface area contributed by atoms with E-state index in [1.165, 1.54) is 24.1 Å². The van der Waals surface area contributed by atoms with Gasteiger partial charge in [0.15, 0.2) is 11.8 Å². The molecule has 2 N–H and O–H groups in total. The van der Waals surface area contributed by atoms with Gasteiger partial charge in [-0.05, 0) is 44.6 Å². The third-order valence-electron chi connectivity index (χ3n) is 5.55. The molecular weight excluding hydrogens is 485 g/mol. The summed E-state index contributed by atoms with van der Waals surface area (Å²) < 4.78 is 1.99. The number of hydrogen-bond donors (Lipinski definition) is 2. The Bertz CT molecular complexity index is 784. The lowest BCUT2D eigenvalue weighted by Crippen LogP contribution is -2.44. The number of likely N-dealkylation sites (tertiary alicyclic amines) is 1. The number of rotatable bonds is 6. The first kappa shape index (κ1) is 21.5. The molecular formula is C19H30IN7S. The molecule has 0 aromatic carbocycles. The number of guanidine groups is 1. The molecule has 2 aromatic rings. The lowest BCUT2D eigenvalue weighted by Gasteiger charge is -2.20. The van der Waals surface area contributed by atoms with Gasteiger partial charge in [-0.2, -0.15) is 0 Å². The SMILES string of the molecule is Cc1nnc(CN=C(NCc2cccs2)NC2CC(C)N(C3CC3)C2)n1C.I. The molecule has 1 aliphatic carbocycles. The zero-order chi connectivity index (χ0) is 18.8. The van der Waals surface area contributed by atoms with E-state index in [0.29, 0.717) is 18.6 Å². The second-order valence-electron chi connectivity index (χ2n) is 7.67. The quantitative estimate of drug-likeness (QED) is 0.352. The average molecular weight is 515 g/mol. The highest BCUT2D eigenvalue weighted by molar-refractivity contribution is 14.0. The van der Waals surface area contributed by atoms with Crippen LogP contribution < -0.4 is 10.6 Å². The van der Waals surface area contributed by atoms with Gasteiger partial charge in [0, 0.05) is 36.6 Å². The largest absolute Gasteiger partial charge is 0.352 e. The van der Waals surface area contributed by atoms with Gasteiger partial charge >= 0.3 is 0 Å². The van der Waals surface area contributed by atoms with E-state index in [0.717, 1.165) is 36.7 Å². The van der Waals surface area contributed by atoms with Gasteiger partial charge in [0.2, 0.25) is 0 Å². The Balaban J connectivity index is 0.00000225. The average Bonchev–Trinajstić information content (AvgIpc) is 3.08. The van der Waals surface area contributed by atoms with Gasteiger partial charge in [-0.25, -0.2) is 4.99 Å². The second kappa shape index (κ2) is 9.53. The molecule has 1 saturated heterocycles. The Labute approximate surface area is 188 Å². The summed E-state index contributed by atoms with van der Waals surface area (Å²) in [5.41, 5.74) is 0. The molecule has 2 aliphatic rings. The van der Waals surface area contributed by atoms with Crippen molar-refractivity contribution in [2.75, 3.05) is 6.54 Å². The van der Waals surface area contributed by atoms with E-state index in [4.69, 9.17) is 4.99 Å². The van der Waals surface area contributed by atoms with Crippen molar-refractivity contribution in [3.05, 3.63) is 34.0 Å². The van der Waals surface area contributed by atoms with E-state index < -0.39 is 0 Å². The van der Waals surface area contributed by atoms with Crippen molar-refractivity contribution in [2.24, 2.45) is 12.0 Å². The van der Waals surface area contributed by atoms with Crippen LogP contribution in [0, 0.1) is 6.92 Å². The molecule has 2 fully saturated rings. The van der Waals surface area contributed by atoms with Gasteiger partial charge in [0.25, 0.3) is 0 Å². The minimum atomic E-state index is 0. The van der Waals surface area contributed by atoms with Crippen molar-refractivity contribution in [3.8, 4) is 0 Å². The standard InChI is InChI=1S/C19H29N7S.HI/c1-13-9-15(12-26(13)16-6-7-16)22-19(20-10-17-5-4-8-27-17)21-11-18-24-23-14(2)25(18)3;/h4-5,8,13,15-16H,6-7,9-12H2,1-3H3,(H2,20,21,22);1H. The van der Waals surface area contributed by atoms with Gasteiger partial charge in [0.1, 0.15) is 12.4 Å². The van der Waals surface area contributed by atoms with Gasteiger partial charge in [-0.3, -0.25) is 4.90 Å². The molecule has 7 nitrogen and oxygen atoms in total. The molecule has 9 heteroatoms. The van der Waals surface area contributed by atoms with E-state index in [1.54, 1.807) is 11.3 Å². The molecule has 4 rings (SSSR count). The number of halogens is 1. The summed E-state index contributed by atoms with van der Waals surface area (Å²) >= 11 is 1.76. The summed E-state index contributed by atoms with van der Waals surface area (Å²) in [6.45, 7) is 6.72. The Kier molecular flexibility index (Phi) is 7.32. The van der Waals surface area contributed by atoms with E-state index >= 15 is 0 Å². The Morgan fingerprint density at radius 3 is 2.82 bits per heavy atom. The Hall–Kier alpha value is -1.20. The number of aromatic nitrogens is 3. The van der Waals surface area contributed by atoms with Crippen LogP contribution in [-0.4, -0.2) is 50.3 Å². The lowest BCUT2D eigenvalue weighted by atomic mass is 10.2. The van der Waals surface area contributed by atoms with Crippen LogP contribution in [0.25, 0.3) is 0 Å². The van der Waals surface area contributed by atoms with E-state index in [-0.39, 0.29) is 24.0 Å². The molecule has 0 amide bonds. The number of nitrogens with one attached hydrogen (secondary N) is 2. The summed E-state index contributed by atoms with van der Waals surface area (Å²) in [7, 11) is 1.98. The molecule has 154 valence electrons. The number of thiophene rings is 1. The molecule has 2 aromatic heterocycles. The Morgan fingerprint density at radius 2 is 2.18 bits per heavy atom. The van der Waals surface area contributed by atoms with Crippen LogP contribution in [0.15, 0.2) is 22.5 Å². The van der Waals surface area contributed by atoms with Crippen molar-refractivity contribution in [3.63, 3.8) is 0 Å².